The van der Waals surface area contributed by atoms with Crippen LogP contribution in [0.4, 0.5) is 26.3 Å². The average molecular weight is 490 g/mol. The fourth-order valence-electron chi connectivity index (χ4n) is 3.73. The van der Waals surface area contributed by atoms with Gasteiger partial charge in [0.15, 0.2) is 5.06 Å². The van der Waals surface area contributed by atoms with Crippen LogP contribution in [-0.4, -0.2) is 29.7 Å². The smallest absolute Gasteiger partial charge is 0.430 e. The van der Waals surface area contributed by atoms with E-state index in [4.69, 9.17) is 4.74 Å². The third kappa shape index (κ3) is 4.22. The van der Waals surface area contributed by atoms with Crippen molar-refractivity contribution in [3.05, 3.63) is 64.5 Å². The Morgan fingerprint density at radius 3 is 2.00 bits per heavy atom. The second-order valence-electron chi connectivity index (χ2n) is 7.27. The van der Waals surface area contributed by atoms with Crippen molar-refractivity contribution < 1.29 is 41.3 Å². The molecule has 178 valence electrons. The van der Waals surface area contributed by atoms with Gasteiger partial charge in [-0.05, 0) is 28.7 Å². The summed E-state index contributed by atoms with van der Waals surface area (Å²) in [7, 11) is 1.34. The number of methoxy groups -OCH3 is 1. The third-order valence-electron chi connectivity index (χ3n) is 5.37. The summed E-state index contributed by atoms with van der Waals surface area (Å²) in [4.78, 5) is 0. The van der Waals surface area contributed by atoms with E-state index >= 15 is 0 Å². The molecule has 2 aromatic carbocycles. The Bertz CT molecular complexity index is 1100. The first-order valence-electron chi connectivity index (χ1n) is 9.74. The minimum absolute atomic E-state index is 0.0609. The summed E-state index contributed by atoms with van der Waals surface area (Å²) >= 11 is 1.01. The molecule has 0 bridgehead atoms. The van der Waals surface area contributed by atoms with Crippen LogP contribution in [-0.2, 0) is 18.6 Å². The fourth-order valence-corrected chi connectivity index (χ4v) is 4.64. The van der Waals surface area contributed by atoms with E-state index in [0.717, 1.165) is 23.5 Å². The number of aliphatic hydroxyl groups excluding tert-OH is 1. The summed E-state index contributed by atoms with van der Waals surface area (Å²) in [5.74, 6) is 0. The molecule has 0 aliphatic heterocycles. The summed E-state index contributed by atoms with van der Waals surface area (Å²) in [6, 6.07) is 9.96. The molecule has 0 fully saturated rings. The van der Waals surface area contributed by atoms with Crippen LogP contribution in [0.5, 0.6) is 5.06 Å². The van der Waals surface area contributed by atoms with Crippen LogP contribution >= 0.6 is 11.3 Å². The molecule has 0 saturated heterocycles. The molecule has 1 heterocycles. The number of aliphatic hydroxyl groups is 2. The van der Waals surface area contributed by atoms with E-state index in [1.165, 1.54) is 25.5 Å². The van der Waals surface area contributed by atoms with Crippen molar-refractivity contribution in [2.24, 2.45) is 0 Å². The highest BCUT2D eigenvalue weighted by atomic mass is 32.1. The standard InChI is InChI=1S/C23H20F6O3S/c1-3-14-5-4-6-16(19(14)21(31,22(24,25)26)23(27,28)29)17-12-33-20(32-2)18(17)15-9-7-13(11-30)8-10-15/h4-10,12,30-31H,3,11H2,1-2H3. The number of thiophene rings is 1. The number of alkyl halides is 6. The molecule has 0 amide bonds. The van der Waals surface area contributed by atoms with Crippen LogP contribution < -0.4 is 4.74 Å². The zero-order valence-electron chi connectivity index (χ0n) is 17.5. The van der Waals surface area contributed by atoms with Crippen LogP contribution in [0, 0.1) is 0 Å². The van der Waals surface area contributed by atoms with Crippen LogP contribution in [0.15, 0.2) is 47.8 Å². The summed E-state index contributed by atoms with van der Waals surface area (Å²) in [6.45, 7) is 1.18. The van der Waals surface area contributed by atoms with Gasteiger partial charge >= 0.3 is 12.4 Å². The Kier molecular flexibility index (Phi) is 6.84. The van der Waals surface area contributed by atoms with Gasteiger partial charge in [-0.25, -0.2) is 0 Å². The van der Waals surface area contributed by atoms with E-state index in [-0.39, 0.29) is 34.8 Å². The van der Waals surface area contributed by atoms with Gasteiger partial charge in [-0.1, -0.05) is 49.4 Å². The quantitative estimate of drug-likeness (QED) is 0.390. The maximum absolute atomic E-state index is 13.9. The zero-order valence-corrected chi connectivity index (χ0v) is 18.3. The van der Waals surface area contributed by atoms with Crippen molar-refractivity contribution in [3.8, 4) is 27.3 Å². The van der Waals surface area contributed by atoms with E-state index in [1.807, 2.05) is 0 Å². The normalized spacial score (nSPS) is 12.8. The molecule has 0 aliphatic carbocycles. The predicted octanol–water partition coefficient (Wildman–Crippen LogP) is 6.46. The van der Waals surface area contributed by atoms with Gasteiger partial charge in [-0.15, -0.1) is 11.3 Å². The third-order valence-corrected chi connectivity index (χ3v) is 6.31. The molecule has 10 heteroatoms. The summed E-state index contributed by atoms with van der Waals surface area (Å²) in [5.41, 5.74) is -5.61. The number of rotatable bonds is 6. The zero-order chi connectivity index (χ0) is 24.6. The molecule has 0 unspecified atom stereocenters. The largest absolute Gasteiger partial charge is 0.487 e. The first-order chi connectivity index (χ1) is 15.4. The van der Waals surface area contributed by atoms with Gasteiger partial charge in [0.2, 0.25) is 0 Å². The Balaban J connectivity index is 2.40. The van der Waals surface area contributed by atoms with Gasteiger partial charge in [-0.3, -0.25) is 0 Å². The lowest BCUT2D eigenvalue weighted by Crippen LogP contribution is -2.54. The Labute approximate surface area is 189 Å². The Morgan fingerprint density at radius 1 is 0.909 bits per heavy atom. The average Bonchev–Trinajstić information content (AvgIpc) is 3.20. The molecule has 0 saturated carbocycles. The first-order valence-corrected chi connectivity index (χ1v) is 10.6. The summed E-state index contributed by atoms with van der Waals surface area (Å²) in [5, 5.41) is 21.2. The minimum Gasteiger partial charge on any atom is -0.487 e. The SMILES string of the molecule is CCc1cccc(-c2csc(OC)c2-c2ccc(CO)cc2)c1C(O)(C(F)(F)F)C(F)(F)F. The highest BCUT2D eigenvalue weighted by Gasteiger charge is 2.72. The molecular weight excluding hydrogens is 470 g/mol. The molecule has 0 spiro atoms. The van der Waals surface area contributed by atoms with Crippen molar-refractivity contribution in [1.82, 2.24) is 0 Å². The van der Waals surface area contributed by atoms with Gasteiger partial charge in [0.25, 0.3) is 5.60 Å². The van der Waals surface area contributed by atoms with E-state index in [9.17, 15) is 36.6 Å². The van der Waals surface area contributed by atoms with Gasteiger partial charge in [0.05, 0.1) is 13.7 Å². The number of hydrogen-bond donors (Lipinski definition) is 2. The topological polar surface area (TPSA) is 49.7 Å². The predicted molar refractivity (Wildman–Crippen MR) is 113 cm³/mol. The molecule has 0 radical (unpaired) electrons. The molecule has 3 nitrogen and oxygen atoms in total. The maximum Gasteiger partial charge on any atom is 0.430 e. The molecular formula is C23H20F6O3S. The minimum atomic E-state index is -6.02. The number of halogens is 6. The lowest BCUT2D eigenvalue weighted by molar-refractivity contribution is -0.376. The van der Waals surface area contributed by atoms with Crippen LogP contribution in [0.3, 0.4) is 0 Å². The van der Waals surface area contributed by atoms with Crippen LogP contribution in [0.25, 0.3) is 22.3 Å². The second-order valence-corrected chi connectivity index (χ2v) is 8.11. The van der Waals surface area contributed by atoms with Crippen molar-refractivity contribution in [3.63, 3.8) is 0 Å². The molecule has 33 heavy (non-hydrogen) atoms. The number of benzene rings is 2. The lowest BCUT2D eigenvalue weighted by atomic mass is 9.81. The maximum atomic E-state index is 13.9. The van der Waals surface area contributed by atoms with Crippen LogP contribution in [0.1, 0.15) is 23.6 Å². The van der Waals surface area contributed by atoms with Crippen molar-refractivity contribution in [1.29, 1.82) is 0 Å². The number of ether oxygens (including phenoxy) is 1. The van der Waals surface area contributed by atoms with E-state index < -0.39 is 29.1 Å². The Hall–Kier alpha value is -2.56. The first kappa shape index (κ1) is 25.1. The van der Waals surface area contributed by atoms with Crippen molar-refractivity contribution in [2.75, 3.05) is 7.11 Å². The van der Waals surface area contributed by atoms with Crippen LogP contribution in [0.2, 0.25) is 0 Å². The van der Waals surface area contributed by atoms with E-state index in [1.54, 1.807) is 24.3 Å². The van der Waals surface area contributed by atoms with Gasteiger partial charge in [0, 0.05) is 22.1 Å². The van der Waals surface area contributed by atoms with Gasteiger partial charge in [-0.2, -0.15) is 26.3 Å². The number of aryl methyl sites for hydroxylation is 1. The van der Waals surface area contributed by atoms with Crippen molar-refractivity contribution >= 4 is 11.3 Å². The summed E-state index contributed by atoms with van der Waals surface area (Å²) < 4.78 is 88.5. The molecule has 1 aromatic heterocycles. The fraction of sp³-hybridized carbons (Fsp3) is 0.304. The monoisotopic (exact) mass is 490 g/mol. The van der Waals surface area contributed by atoms with E-state index in [2.05, 4.69) is 0 Å². The summed E-state index contributed by atoms with van der Waals surface area (Å²) in [6.07, 6.45) is -12.2. The van der Waals surface area contributed by atoms with Crippen molar-refractivity contribution in [2.45, 2.75) is 37.9 Å². The molecule has 0 aliphatic rings. The highest BCUT2D eigenvalue weighted by Crippen LogP contribution is 2.55. The second kappa shape index (κ2) is 9.00. The Morgan fingerprint density at radius 2 is 1.52 bits per heavy atom. The molecule has 0 atom stereocenters. The molecule has 2 N–H and O–H groups in total. The molecule has 3 rings (SSSR count). The lowest BCUT2D eigenvalue weighted by Gasteiger charge is -2.35. The highest BCUT2D eigenvalue weighted by molar-refractivity contribution is 7.13. The van der Waals surface area contributed by atoms with Gasteiger partial charge < -0.3 is 14.9 Å². The van der Waals surface area contributed by atoms with Gasteiger partial charge in [0.1, 0.15) is 0 Å². The molecule has 3 aromatic rings. The van der Waals surface area contributed by atoms with E-state index in [0.29, 0.717) is 11.1 Å². The number of hydrogen-bond acceptors (Lipinski definition) is 4.